The van der Waals surface area contributed by atoms with E-state index in [1.165, 1.54) is 15.6 Å². The largest absolute Gasteiger partial charge is 0.334 e. The monoisotopic (exact) mass is 397 g/mol. The molecule has 0 unspecified atom stereocenters. The summed E-state index contributed by atoms with van der Waals surface area (Å²) in [6, 6.07) is 28.9. The molecule has 0 atom stereocenters. The van der Waals surface area contributed by atoms with Crippen LogP contribution in [0.15, 0.2) is 96.4 Å². The van der Waals surface area contributed by atoms with Crippen LogP contribution in [0.3, 0.4) is 0 Å². The number of hydrogen-bond acceptors (Lipinski definition) is 2. The zero-order chi connectivity index (χ0) is 19.9. The van der Waals surface area contributed by atoms with Crippen LogP contribution in [0.2, 0.25) is 0 Å². The molecule has 0 saturated heterocycles. The molecule has 4 aromatic rings. The summed E-state index contributed by atoms with van der Waals surface area (Å²) in [7, 11) is 0. The van der Waals surface area contributed by atoms with Gasteiger partial charge in [0, 0.05) is 24.0 Å². The molecular formula is C26H23NOS. The Kier molecular flexibility index (Phi) is 6.18. The maximum Gasteiger partial charge on any atom is 0.246 e. The molecule has 1 heterocycles. The van der Waals surface area contributed by atoms with Crippen molar-refractivity contribution >= 4 is 34.1 Å². The van der Waals surface area contributed by atoms with E-state index >= 15 is 0 Å². The van der Waals surface area contributed by atoms with Gasteiger partial charge in [-0.1, -0.05) is 72.8 Å². The summed E-state index contributed by atoms with van der Waals surface area (Å²) in [6.45, 7) is 1.32. The molecule has 0 N–H and O–H groups in total. The molecule has 0 aliphatic rings. The highest BCUT2D eigenvalue weighted by molar-refractivity contribution is 7.09. The molecule has 29 heavy (non-hydrogen) atoms. The van der Waals surface area contributed by atoms with Gasteiger partial charge < -0.3 is 4.90 Å². The molecule has 0 spiro atoms. The maximum atomic E-state index is 13.0. The summed E-state index contributed by atoms with van der Waals surface area (Å²) in [5, 5.41) is 4.47. The number of fused-ring (bicyclic) bond motifs is 1. The van der Waals surface area contributed by atoms with Crippen LogP contribution in [0.4, 0.5) is 0 Å². The van der Waals surface area contributed by atoms with Crippen molar-refractivity contribution in [1.29, 1.82) is 0 Å². The molecule has 0 saturated carbocycles. The molecule has 3 aromatic carbocycles. The molecule has 0 radical (unpaired) electrons. The van der Waals surface area contributed by atoms with E-state index in [-0.39, 0.29) is 5.91 Å². The Hall–Kier alpha value is -3.17. The van der Waals surface area contributed by atoms with E-state index in [4.69, 9.17) is 0 Å². The second-order valence-corrected chi connectivity index (χ2v) is 8.05. The van der Waals surface area contributed by atoms with Crippen molar-refractivity contribution in [3.05, 3.63) is 112 Å². The third-order valence-corrected chi connectivity index (χ3v) is 5.86. The first kappa shape index (κ1) is 19.2. The Morgan fingerprint density at radius 1 is 0.862 bits per heavy atom. The maximum absolute atomic E-state index is 13.0. The first-order chi connectivity index (χ1) is 14.3. The van der Waals surface area contributed by atoms with Gasteiger partial charge in [0.15, 0.2) is 0 Å². The number of amides is 1. The topological polar surface area (TPSA) is 20.3 Å². The van der Waals surface area contributed by atoms with E-state index in [9.17, 15) is 4.79 Å². The van der Waals surface area contributed by atoms with Crippen LogP contribution in [0.1, 0.15) is 16.0 Å². The van der Waals surface area contributed by atoms with Crippen molar-refractivity contribution in [3.63, 3.8) is 0 Å². The van der Waals surface area contributed by atoms with Gasteiger partial charge in [0.05, 0.1) is 0 Å². The zero-order valence-electron chi connectivity index (χ0n) is 16.2. The highest BCUT2D eigenvalue weighted by Crippen LogP contribution is 2.17. The van der Waals surface area contributed by atoms with Crippen molar-refractivity contribution < 1.29 is 4.79 Å². The van der Waals surface area contributed by atoms with Gasteiger partial charge in [-0.25, -0.2) is 0 Å². The molecule has 0 aliphatic carbocycles. The van der Waals surface area contributed by atoms with Gasteiger partial charge in [0.25, 0.3) is 0 Å². The fraction of sp³-hybridized carbons (Fsp3) is 0.115. The third-order valence-electron chi connectivity index (χ3n) is 4.93. The average molecular weight is 398 g/mol. The van der Waals surface area contributed by atoms with Crippen molar-refractivity contribution in [1.82, 2.24) is 4.90 Å². The fourth-order valence-corrected chi connectivity index (χ4v) is 4.05. The summed E-state index contributed by atoms with van der Waals surface area (Å²) >= 11 is 1.74. The fourth-order valence-electron chi connectivity index (χ4n) is 3.36. The molecule has 144 valence electrons. The van der Waals surface area contributed by atoms with Crippen LogP contribution in [0.25, 0.3) is 16.8 Å². The Morgan fingerprint density at radius 2 is 1.66 bits per heavy atom. The molecule has 2 nitrogen and oxygen atoms in total. The number of nitrogens with zero attached hydrogens (tertiary/aromatic N) is 1. The van der Waals surface area contributed by atoms with Gasteiger partial charge in [-0.05, 0) is 51.9 Å². The first-order valence-corrected chi connectivity index (χ1v) is 10.7. The van der Waals surface area contributed by atoms with Crippen LogP contribution >= 0.6 is 11.3 Å². The Morgan fingerprint density at radius 3 is 2.45 bits per heavy atom. The molecule has 0 fully saturated rings. The van der Waals surface area contributed by atoms with E-state index in [0.717, 1.165) is 17.5 Å². The lowest BCUT2D eigenvalue weighted by Crippen LogP contribution is -2.30. The molecule has 0 aliphatic heterocycles. The number of rotatable bonds is 7. The number of thiophene rings is 1. The van der Waals surface area contributed by atoms with Gasteiger partial charge in [0.2, 0.25) is 5.91 Å². The lowest BCUT2D eigenvalue weighted by Gasteiger charge is -2.21. The highest BCUT2D eigenvalue weighted by Gasteiger charge is 2.12. The smallest absolute Gasteiger partial charge is 0.246 e. The Labute approximate surface area is 175 Å². The second-order valence-electron chi connectivity index (χ2n) is 7.01. The van der Waals surface area contributed by atoms with Crippen molar-refractivity contribution in [2.45, 2.75) is 13.0 Å². The summed E-state index contributed by atoms with van der Waals surface area (Å²) in [5.74, 6) is 0.0403. The minimum absolute atomic E-state index is 0.0403. The second kappa shape index (κ2) is 9.35. The highest BCUT2D eigenvalue weighted by atomic mass is 32.1. The molecule has 3 heteroatoms. The summed E-state index contributed by atoms with van der Waals surface area (Å²) < 4.78 is 0. The van der Waals surface area contributed by atoms with Crippen LogP contribution in [-0.2, 0) is 17.8 Å². The van der Waals surface area contributed by atoms with Gasteiger partial charge >= 0.3 is 0 Å². The zero-order valence-corrected chi connectivity index (χ0v) is 17.0. The summed E-state index contributed by atoms with van der Waals surface area (Å²) in [6.07, 6.45) is 4.49. The van der Waals surface area contributed by atoms with E-state index in [1.807, 2.05) is 41.3 Å². The predicted molar refractivity (Wildman–Crippen MR) is 123 cm³/mol. The van der Waals surface area contributed by atoms with E-state index in [1.54, 1.807) is 17.4 Å². The SMILES string of the molecule is O=C(C=Cc1ccc2ccccc2c1)N(CCc1cccs1)Cc1ccccc1. The Bertz CT molecular complexity index is 1100. The molecule has 1 aromatic heterocycles. The number of carbonyl (C=O) groups is 1. The van der Waals surface area contributed by atoms with Gasteiger partial charge in [-0.15, -0.1) is 11.3 Å². The number of benzene rings is 3. The molecular weight excluding hydrogens is 374 g/mol. The molecule has 4 rings (SSSR count). The van der Waals surface area contributed by atoms with E-state index in [0.29, 0.717) is 13.1 Å². The normalized spacial score (nSPS) is 11.2. The predicted octanol–water partition coefficient (Wildman–Crippen LogP) is 6.19. The van der Waals surface area contributed by atoms with E-state index < -0.39 is 0 Å². The van der Waals surface area contributed by atoms with Crippen molar-refractivity contribution in [2.24, 2.45) is 0 Å². The van der Waals surface area contributed by atoms with Crippen LogP contribution in [0.5, 0.6) is 0 Å². The van der Waals surface area contributed by atoms with Gasteiger partial charge in [-0.3, -0.25) is 4.79 Å². The number of hydrogen-bond donors (Lipinski definition) is 0. The summed E-state index contributed by atoms with van der Waals surface area (Å²) in [5.41, 5.74) is 2.18. The standard InChI is InChI=1S/C26H23NOS/c28-26(15-13-21-12-14-23-9-4-5-10-24(23)19-21)27(17-16-25-11-6-18-29-25)20-22-7-2-1-3-8-22/h1-15,18-19H,16-17,20H2. The third kappa shape index (κ3) is 5.21. The van der Waals surface area contributed by atoms with Crippen molar-refractivity contribution in [2.75, 3.05) is 6.54 Å². The lowest BCUT2D eigenvalue weighted by atomic mass is 10.1. The van der Waals surface area contributed by atoms with Crippen LogP contribution < -0.4 is 0 Å². The number of carbonyl (C=O) groups excluding carboxylic acids is 1. The quantitative estimate of drug-likeness (QED) is 0.341. The van der Waals surface area contributed by atoms with Gasteiger partial charge in [-0.2, -0.15) is 0 Å². The van der Waals surface area contributed by atoms with E-state index in [2.05, 4.69) is 60.0 Å². The van der Waals surface area contributed by atoms with Crippen molar-refractivity contribution in [3.8, 4) is 0 Å². The minimum atomic E-state index is 0.0403. The molecule has 1 amide bonds. The van der Waals surface area contributed by atoms with Crippen LogP contribution in [-0.4, -0.2) is 17.4 Å². The summed E-state index contributed by atoms with van der Waals surface area (Å²) in [4.78, 5) is 16.2. The van der Waals surface area contributed by atoms with Crippen LogP contribution in [0, 0.1) is 0 Å². The lowest BCUT2D eigenvalue weighted by molar-refractivity contribution is -0.126. The average Bonchev–Trinajstić information content (AvgIpc) is 3.29. The Balaban J connectivity index is 1.49. The molecule has 0 bridgehead atoms. The van der Waals surface area contributed by atoms with Gasteiger partial charge in [0.1, 0.15) is 0 Å². The minimum Gasteiger partial charge on any atom is -0.334 e. The first-order valence-electron chi connectivity index (χ1n) is 9.80.